The molecule has 1 saturated heterocycles. The van der Waals surface area contributed by atoms with E-state index in [2.05, 4.69) is 31.0 Å². The van der Waals surface area contributed by atoms with Crippen LogP contribution in [-0.2, 0) is 0 Å². The number of rotatable bonds is 7. The molecule has 1 saturated carbocycles. The lowest BCUT2D eigenvalue weighted by Gasteiger charge is -2.43. The Bertz CT molecular complexity index is 264. The molecule has 2 aliphatic rings. The second kappa shape index (κ2) is 8.38. The lowest BCUT2D eigenvalue weighted by Crippen LogP contribution is -2.45. The lowest BCUT2D eigenvalue weighted by atomic mass is 9.75. The molecule has 1 aliphatic carbocycles. The van der Waals surface area contributed by atoms with Crippen LogP contribution in [0.1, 0.15) is 65.7 Å². The highest BCUT2D eigenvalue weighted by atomic mass is 15.2. The van der Waals surface area contributed by atoms with Crippen LogP contribution in [0.5, 0.6) is 0 Å². The van der Waals surface area contributed by atoms with Gasteiger partial charge in [-0.25, -0.2) is 0 Å². The molecule has 1 heterocycles. The maximum atomic E-state index is 3.57. The molecule has 1 aliphatic heterocycles. The van der Waals surface area contributed by atoms with Gasteiger partial charge in [0.25, 0.3) is 0 Å². The third-order valence-corrected chi connectivity index (χ3v) is 5.47. The van der Waals surface area contributed by atoms with E-state index in [0.717, 1.165) is 23.8 Å². The number of hydrogen-bond acceptors (Lipinski definition) is 2. The van der Waals surface area contributed by atoms with Crippen LogP contribution < -0.4 is 5.32 Å². The second-order valence-corrected chi connectivity index (χ2v) is 7.68. The van der Waals surface area contributed by atoms with Crippen molar-refractivity contribution in [2.45, 2.75) is 71.8 Å². The molecule has 0 radical (unpaired) electrons. The molecule has 0 aromatic carbocycles. The van der Waals surface area contributed by atoms with E-state index in [-0.39, 0.29) is 0 Å². The number of likely N-dealkylation sites (tertiary alicyclic amines) is 1. The normalized spacial score (nSPS) is 29.4. The fourth-order valence-electron chi connectivity index (χ4n) is 4.13. The predicted molar refractivity (Wildman–Crippen MR) is 88.0 cm³/mol. The summed E-state index contributed by atoms with van der Waals surface area (Å²) in [5.74, 6) is 2.87. The van der Waals surface area contributed by atoms with Crippen molar-refractivity contribution in [1.29, 1.82) is 0 Å². The summed E-state index contributed by atoms with van der Waals surface area (Å²) in [6.07, 6.45) is 10.2. The molecule has 3 atom stereocenters. The highest BCUT2D eigenvalue weighted by Crippen LogP contribution is 2.36. The SMILES string of the molecule is CC(C)CNCCCC(C)N1CCC2CCCCC2C1. The zero-order valence-corrected chi connectivity index (χ0v) is 14.0. The highest BCUT2D eigenvalue weighted by Gasteiger charge is 2.32. The molecular formula is C18H36N2. The van der Waals surface area contributed by atoms with E-state index >= 15 is 0 Å². The van der Waals surface area contributed by atoms with Crippen molar-refractivity contribution < 1.29 is 0 Å². The third kappa shape index (κ3) is 5.04. The lowest BCUT2D eigenvalue weighted by molar-refractivity contribution is 0.0587. The van der Waals surface area contributed by atoms with Crippen molar-refractivity contribution in [2.24, 2.45) is 17.8 Å². The Hall–Kier alpha value is -0.0800. The van der Waals surface area contributed by atoms with Crippen LogP contribution in [0.4, 0.5) is 0 Å². The maximum absolute atomic E-state index is 3.57. The maximum Gasteiger partial charge on any atom is 0.00675 e. The summed E-state index contributed by atoms with van der Waals surface area (Å²) in [6.45, 7) is 12.1. The average molecular weight is 280 g/mol. The van der Waals surface area contributed by atoms with Crippen LogP contribution >= 0.6 is 0 Å². The van der Waals surface area contributed by atoms with Gasteiger partial charge in [0.2, 0.25) is 0 Å². The molecule has 0 bridgehead atoms. The van der Waals surface area contributed by atoms with Crippen LogP contribution in [0.2, 0.25) is 0 Å². The van der Waals surface area contributed by atoms with Gasteiger partial charge >= 0.3 is 0 Å². The van der Waals surface area contributed by atoms with Gasteiger partial charge in [-0.1, -0.05) is 33.1 Å². The quantitative estimate of drug-likeness (QED) is 0.711. The van der Waals surface area contributed by atoms with Crippen molar-refractivity contribution in [1.82, 2.24) is 10.2 Å². The van der Waals surface area contributed by atoms with E-state index < -0.39 is 0 Å². The Kier molecular flexibility index (Phi) is 6.83. The topological polar surface area (TPSA) is 15.3 Å². The zero-order valence-electron chi connectivity index (χ0n) is 14.0. The van der Waals surface area contributed by atoms with Gasteiger partial charge in [-0.3, -0.25) is 0 Å². The van der Waals surface area contributed by atoms with E-state index in [9.17, 15) is 0 Å². The Morgan fingerprint density at radius 2 is 1.80 bits per heavy atom. The fourth-order valence-corrected chi connectivity index (χ4v) is 4.13. The molecule has 118 valence electrons. The molecule has 2 fully saturated rings. The van der Waals surface area contributed by atoms with Gasteiger partial charge in [-0.2, -0.15) is 0 Å². The van der Waals surface area contributed by atoms with Gasteiger partial charge in [-0.15, -0.1) is 0 Å². The summed E-state index contributed by atoms with van der Waals surface area (Å²) in [5.41, 5.74) is 0. The van der Waals surface area contributed by atoms with Gasteiger partial charge in [0.05, 0.1) is 0 Å². The van der Waals surface area contributed by atoms with Crippen molar-refractivity contribution in [3.8, 4) is 0 Å². The van der Waals surface area contributed by atoms with E-state index in [1.807, 2.05) is 0 Å². The molecule has 0 spiro atoms. The van der Waals surface area contributed by atoms with Crippen LogP contribution in [0, 0.1) is 17.8 Å². The first-order chi connectivity index (χ1) is 9.66. The monoisotopic (exact) mass is 280 g/mol. The first kappa shape index (κ1) is 16.3. The fraction of sp³-hybridized carbons (Fsp3) is 1.00. The first-order valence-electron chi connectivity index (χ1n) is 9.11. The van der Waals surface area contributed by atoms with Gasteiger partial charge in [0.1, 0.15) is 0 Å². The molecular weight excluding hydrogens is 244 g/mol. The Morgan fingerprint density at radius 3 is 2.55 bits per heavy atom. The van der Waals surface area contributed by atoms with Crippen molar-refractivity contribution >= 4 is 0 Å². The van der Waals surface area contributed by atoms with Crippen molar-refractivity contribution in [2.75, 3.05) is 26.2 Å². The Morgan fingerprint density at radius 1 is 1.05 bits per heavy atom. The van der Waals surface area contributed by atoms with Gasteiger partial charge < -0.3 is 10.2 Å². The molecule has 2 nitrogen and oxygen atoms in total. The third-order valence-electron chi connectivity index (χ3n) is 5.47. The number of nitrogens with one attached hydrogen (secondary N) is 1. The minimum atomic E-state index is 0.776. The molecule has 0 amide bonds. The highest BCUT2D eigenvalue weighted by molar-refractivity contribution is 4.85. The molecule has 2 heteroatoms. The number of hydrogen-bond donors (Lipinski definition) is 1. The number of piperidine rings is 1. The van der Waals surface area contributed by atoms with Crippen LogP contribution in [0.3, 0.4) is 0 Å². The summed E-state index contributed by atoms with van der Waals surface area (Å²) in [7, 11) is 0. The molecule has 0 aromatic heterocycles. The summed E-state index contributed by atoms with van der Waals surface area (Å²) < 4.78 is 0. The smallest absolute Gasteiger partial charge is 0.00675 e. The van der Waals surface area contributed by atoms with Gasteiger partial charge in [-0.05, 0) is 70.0 Å². The van der Waals surface area contributed by atoms with Crippen molar-refractivity contribution in [3.05, 3.63) is 0 Å². The number of nitrogens with zero attached hydrogens (tertiary/aromatic N) is 1. The molecule has 0 aromatic rings. The first-order valence-corrected chi connectivity index (χ1v) is 9.11. The summed E-state index contributed by atoms with van der Waals surface area (Å²) in [5, 5.41) is 3.57. The minimum absolute atomic E-state index is 0.776. The average Bonchev–Trinajstić information content (AvgIpc) is 2.46. The molecule has 3 unspecified atom stereocenters. The van der Waals surface area contributed by atoms with Crippen LogP contribution in [0.15, 0.2) is 0 Å². The summed E-state index contributed by atoms with van der Waals surface area (Å²) >= 11 is 0. The van der Waals surface area contributed by atoms with Gasteiger partial charge in [0, 0.05) is 12.6 Å². The van der Waals surface area contributed by atoms with Crippen LogP contribution in [0.25, 0.3) is 0 Å². The van der Waals surface area contributed by atoms with Crippen LogP contribution in [-0.4, -0.2) is 37.1 Å². The summed E-state index contributed by atoms with van der Waals surface area (Å²) in [6, 6.07) is 0.790. The molecule has 20 heavy (non-hydrogen) atoms. The predicted octanol–water partition coefficient (Wildman–Crippen LogP) is 3.91. The van der Waals surface area contributed by atoms with Gasteiger partial charge in [0.15, 0.2) is 0 Å². The molecule has 2 rings (SSSR count). The van der Waals surface area contributed by atoms with Crippen molar-refractivity contribution in [3.63, 3.8) is 0 Å². The zero-order chi connectivity index (χ0) is 14.4. The Balaban J connectivity index is 1.61. The largest absolute Gasteiger partial charge is 0.316 e. The molecule has 1 N–H and O–H groups in total. The van der Waals surface area contributed by atoms with E-state index in [4.69, 9.17) is 0 Å². The van der Waals surface area contributed by atoms with E-state index in [0.29, 0.717) is 0 Å². The minimum Gasteiger partial charge on any atom is -0.316 e. The second-order valence-electron chi connectivity index (χ2n) is 7.68. The standard InChI is InChI=1S/C18H36N2/c1-15(2)13-19-11-6-7-16(3)20-12-10-17-8-4-5-9-18(17)14-20/h15-19H,4-14H2,1-3H3. The Labute approximate surface area is 126 Å². The van der Waals surface area contributed by atoms with E-state index in [1.54, 1.807) is 0 Å². The van der Waals surface area contributed by atoms with E-state index in [1.165, 1.54) is 71.1 Å². The number of fused-ring (bicyclic) bond motifs is 1. The summed E-state index contributed by atoms with van der Waals surface area (Å²) in [4.78, 5) is 2.79.